The molecule has 1 fully saturated rings. The van der Waals surface area contributed by atoms with E-state index in [1.165, 1.54) is 12.3 Å². The Hall–Kier alpha value is -4.76. The number of nitrogens with one attached hydrogen (secondary N) is 2. The van der Waals surface area contributed by atoms with Gasteiger partial charge in [0, 0.05) is 90.4 Å². The lowest BCUT2D eigenvalue weighted by atomic mass is 9.95. The number of carbonyl (C=O) groups excluding carboxylic acids is 1. The van der Waals surface area contributed by atoms with Gasteiger partial charge in [-0.2, -0.15) is 0 Å². The average Bonchev–Trinajstić information content (AvgIpc) is 3.39. The van der Waals surface area contributed by atoms with Crippen LogP contribution in [0.1, 0.15) is 18.1 Å². The third-order valence-electron chi connectivity index (χ3n) is 7.95. The number of benzene rings is 2. The van der Waals surface area contributed by atoms with E-state index in [2.05, 4.69) is 63.0 Å². The highest BCUT2D eigenvalue weighted by molar-refractivity contribution is 6.23. The minimum Gasteiger partial charge on any atom is -0.404 e. The summed E-state index contributed by atoms with van der Waals surface area (Å²) in [5.41, 5.74) is 13.9. The van der Waals surface area contributed by atoms with Crippen LogP contribution in [0, 0.1) is 12.7 Å². The molecule has 3 heterocycles. The molecule has 42 heavy (non-hydrogen) atoms. The van der Waals surface area contributed by atoms with Crippen molar-refractivity contribution < 1.29 is 9.18 Å². The van der Waals surface area contributed by atoms with Crippen LogP contribution in [0.3, 0.4) is 0 Å². The van der Waals surface area contributed by atoms with E-state index in [9.17, 15) is 4.79 Å². The number of fused-ring (bicyclic) bond motifs is 1. The van der Waals surface area contributed by atoms with Gasteiger partial charge < -0.3 is 25.8 Å². The highest BCUT2D eigenvalue weighted by Crippen LogP contribution is 2.41. The third-order valence-corrected chi connectivity index (χ3v) is 7.95. The zero-order valence-electron chi connectivity index (χ0n) is 24.5. The number of hydrogen-bond donors (Lipinski definition) is 3. The molecular formula is C33H36FN7O. The Bertz CT molecular complexity index is 1710. The Balaban J connectivity index is 1.69. The summed E-state index contributed by atoms with van der Waals surface area (Å²) in [6.07, 6.45) is 4.43. The van der Waals surface area contributed by atoms with Crippen LogP contribution in [0.2, 0.25) is 0 Å². The van der Waals surface area contributed by atoms with Crippen molar-refractivity contribution in [3.8, 4) is 22.4 Å². The van der Waals surface area contributed by atoms with Crippen LogP contribution in [-0.4, -0.2) is 66.8 Å². The molecule has 0 bridgehead atoms. The van der Waals surface area contributed by atoms with Gasteiger partial charge in [-0.15, -0.1) is 0 Å². The first-order valence-electron chi connectivity index (χ1n) is 13.9. The van der Waals surface area contributed by atoms with Gasteiger partial charge in [0.05, 0.1) is 5.69 Å². The second-order valence-corrected chi connectivity index (χ2v) is 10.5. The first-order valence-corrected chi connectivity index (χ1v) is 13.9. The largest absolute Gasteiger partial charge is 0.404 e. The molecule has 0 radical (unpaired) electrons. The molecule has 4 N–H and O–H groups in total. The van der Waals surface area contributed by atoms with Crippen molar-refractivity contribution >= 4 is 39.6 Å². The number of nitrogens with two attached hydrogens (primary N) is 1. The van der Waals surface area contributed by atoms with Crippen LogP contribution in [0.4, 0.5) is 15.8 Å². The van der Waals surface area contributed by atoms with Crippen LogP contribution < -0.4 is 16.0 Å². The summed E-state index contributed by atoms with van der Waals surface area (Å²) in [5.74, 6) is -0.845. The molecule has 1 saturated heterocycles. The number of halogens is 1. The zero-order valence-corrected chi connectivity index (χ0v) is 24.5. The number of aromatic amines is 1. The SMILES string of the molecule is C=CC(=O)Nc1cc(-c2c(-c3ccc(N4CCN(C)CC4)cc3)[nH]c3ncc(/C(=C/N)C(C)=NC)cc23)cc(F)c1C. The van der Waals surface area contributed by atoms with Gasteiger partial charge in [-0.05, 0) is 68.4 Å². The fourth-order valence-corrected chi connectivity index (χ4v) is 5.32. The number of allylic oxidation sites excluding steroid dienone is 1. The zero-order chi connectivity index (χ0) is 30.0. The number of nitrogens with zero attached hydrogens (tertiary/aromatic N) is 4. The van der Waals surface area contributed by atoms with Crippen molar-refractivity contribution in [3.63, 3.8) is 0 Å². The topological polar surface area (TPSA) is 103 Å². The summed E-state index contributed by atoms with van der Waals surface area (Å²) in [5, 5.41) is 3.54. The summed E-state index contributed by atoms with van der Waals surface area (Å²) in [7, 11) is 3.85. The number of aromatic nitrogens is 2. The molecule has 2 aromatic heterocycles. The van der Waals surface area contributed by atoms with E-state index in [4.69, 9.17) is 10.7 Å². The van der Waals surface area contributed by atoms with E-state index >= 15 is 4.39 Å². The van der Waals surface area contributed by atoms with Gasteiger partial charge >= 0.3 is 0 Å². The fourth-order valence-electron chi connectivity index (χ4n) is 5.32. The van der Waals surface area contributed by atoms with Crippen LogP contribution >= 0.6 is 0 Å². The lowest BCUT2D eigenvalue weighted by molar-refractivity contribution is -0.111. The van der Waals surface area contributed by atoms with Crippen LogP contribution in [0.25, 0.3) is 39.0 Å². The summed E-state index contributed by atoms with van der Waals surface area (Å²) < 4.78 is 15.4. The molecule has 0 unspecified atom stereocenters. The minimum atomic E-state index is -0.432. The third kappa shape index (κ3) is 5.56. The lowest BCUT2D eigenvalue weighted by Gasteiger charge is -2.34. The van der Waals surface area contributed by atoms with E-state index in [1.54, 1.807) is 26.2 Å². The number of amides is 1. The highest BCUT2D eigenvalue weighted by Gasteiger charge is 2.21. The van der Waals surface area contributed by atoms with Gasteiger partial charge in [-0.25, -0.2) is 9.37 Å². The molecule has 4 aromatic rings. The first kappa shape index (κ1) is 28.8. The Labute approximate surface area is 245 Å². The normalized spacial score (nSPS) is 14.8. The molecule has 9 heteroatoms. The van der Waals surface area contributed by atoms with Crippen molar-refractivity contribution in [2.45, 2.75) is 13.8 Å². The lowest BCUT2D eigenvalue weighted by Crippen LogP contribution is -2.44. The predicted molar refractivity (Wildman–Crippen MR) is 171 cm³/mol. The Morgan fingerprint density at radius 1 is 1.14 bits per heavy atom. The Morgan fingerprint density at radius 2 is 1.86 bits per heavy atom. The number of likely N-dealkylation sites (N-methyl/N-ethyl adjacent to an activating group) is 1. The molecule has 0 atom stereocenters. The van der Waals surface area contributed by atoms with Gasteiger partial charge in [0.25, 0.3) is 0 Å². The molecule has 0 saturated carbocycles. The van der Waals surface area contributed by atoms with Crippen molar-refractivity contribution in [3.05, 3.63) is 84.5 Å². The van der Waals surface area contributed by atoms with Gasteiger partial charge in [-0.1, -0.05) is 18.7 Å². The standard InChI is InChI=1S/C33H36FN7O/c1-6-30(42)38-29-17-23(16-28(34)20(29)2)31-26-15-24(27(18-35)21(3)36-4)19-37-33(26)39-32(31)22-7-9-25(10-8-22)41-13-11-40(5)12-14-41/h6-10,15-19H,1,11-14,35H2,2-5H3,(H,37,39)(H,38,42)/b27-18+,36-21?. The van der Waals surface area contributed by atoms with Crippen LogP contribution in [-0.2, 0) is 4.79 Å². The monoisotopic (exact) mass is 565 g/mol. The molecule has 2 aromatic carbocycles. The molecule has 8 nitrogen and oxygen atoms in total. The summed E-state index contributed by atoms with van der Waals surface area (Å²) >= 11 is 0. The molecule has 5 rings (SSSR count). The molecule has 1 aliphatic heterocycles. The average molecular weight is 566 g/mol. The molecule has 216 valence electrons. The predicted octanol–water partition coefficient (Wildman–Crippen LogP) is 5.61. The first-order chi connectivity index (χ1) is 20.2. The number of anilines is 2. The molecule has 0 spiro atoms. The van der Waals surface area contributed by atoms with Crippen LogP contribution in [0.5, 0.6) is 0 Å². The molecule has 1 aliphatic rings. The summed E-state index contributed by atoms with van der Waals surface area (Å²) in [4.78, 5) is 29.4. The second-order valence-electron chi connectivity index (χ2n) is 10.5. The molecule has 1 amide bonds. The molecule has 0 aliphatic carbocycles. The van der Waals surface area contributed by atoms with Gasteiger partial charge in [0.2, 0.25) is 5.91 Å². The maximum absolute atomic E-state index is 15.4. The van der Waals surface area contributed by atoms with Crippen LogP contribution in [0.15, 0.2) is 72.5 Å². The highest BCUT2D eigenvalue weighted by atomic mass is 19.1. The van der Waals surface area contributed by atoms with Crippen molar-refractivity contribution in [1.29, 1.82) is 0 Å². The van der Waals surface area contributed by atoms with Crippen molar-refractivity contribution in [2.24, 2.45) is 10.7 Å². The maximum atomic E-state index is 15.4. The smallest absolute Gasteiger partial charge is 0.247 e. The minimum absolute atomic E-state index is 0.341. The number of rotatable bonds is 7. The summed E-state index contributed by atoms with van der Waals surface area (Å²) in [6, 6.07) is 13.7. The number of pyridine rings is 1. The van der Waals surface area contributed by atoms with E-state index in [0.29, 0.717) is 22.5 Å². The van der Waals surface area contributed by atoms with E-state index in [0.717, 1.165) is 77.0 Å². The van der Waals surface area contributed by atoms with E-state index in [-0.39, 0.29) is 0 Å². The Morgan fingerprint density at radius 3 is 2.50 bits per heavy atom. The van der Waals surface area contributed by atoms with Gasteiger partial charge in [0.1, 0.15) is 11.5 Å². The maximum Gasteiger partial charge on any atom is 0.247 e. The fraction of sp³-hybridized carbons (Fsp3) is 0.242. The Kier molecular flexibility index (Phi) is 8.22. The summed E-state index contributed by atoms with van der Waals surface area (Å²) in [6.45, 7) is 11.0. The van der Waals surface area contributed by atoms with Gasteiger partial charge in [0.15, 0.2) is 0 Å². The number of hydrogen-bond acceptors (Lipinski definition) is 6. The van der Waals surface area contributed by atoms with Crippen molar-refractivity contribution in [2.75, 3.05) is 50.5 Å². The van der Waals surface area contributed by atoms with Crippen molar-refractivity contribution in [1.82, 2.24) is 14.9 Å². The quantitative estimate of drug-likeness (QED) is 0.200. The number of carbonyl (C=O) groups is 1. The number of H-pyrrole nitrogens is 1. The van der Waals surface area contributed by atoms with E-state index in [1.807, 2.05) is 13.0 Å². The van der Waals surface area contributed by atoms with Gasteiger partial charge in [-0.3, -0.25) is 9.79 Å². The molecular weight excluding hydrogens is 529 g/mol. The van der Waals surface area contributed by atoms with E-state index < -0.39 is 11.7 Å². The number of piperazine rings is 1. The second kappa shape index (κ2) is 12.0. The number of aliphatic imine (C=N–C) groups is 1.